The molecule has 2 atom stereocenters. The lowest BCUT2D eigenvalue weighted by Crippen LogP contribution is -2.40. The fraction of sp³-hybridized carbons (Fsp3) is 0.588. The number of carbonyl (C=O) groups excluding carboxylic acids is 1. The Balaban J connectivity index is 1.44. The minimum atomic E-state index is -3.40. The number of benzene rings is 1. The fourth-order valence-corrected chi connectivity index (χ4v) is 5.04. The average Bonchev–Trinajstić information content (AvgIpc) is 2.86. The molecule has 1 aromatic rings. The molecule has 0 saturated carbocycles. The SMILES string of the molecule is O=C(CC1CC2CCC(C1)N2)NCCS(=O)(=O)c1ccc(Cl)cc1. The first-order valence-corrected chi connectivity index (χ1v) is 10.5. The molecular formula is C17H23ClN2O3S. The maximum atomic E-state index is 12.2. The van der Waals surface area contributed by atoms with E-state index in [1.807, 2.05) is 0 Å². The van der Waals surface area contributed by atoms with Gasteiger partial charge in [0.25, 0.3) is 0 Å². The summed E-state index contributed by atoms with van der Waals surface area (Å²) in [4.78, 5) is 12.3. The molecule has 2 aliphatic heterocycles. The van der Waals surface area contributed by atoms with Gasteiger partial charge in [0, 0.05) is 30.1 Å². The molecule has 0 aliphatic carbocycles. The van der Waals surface area contributed by atoms with Crippen LogP contribution in [0.15, 0.2) is 29.2 Å². The third-order valence-electron chi connectivity index (χ3n) is 4.91. The Morgan fingerprint density at radius 2 is 1.79 bits per heavy atom. The van der Waals surface area contributed by atoms with Gasteiger partial charge in [0.05, 0.1) is 10.6 Å². The molecule has 1 aromatic carbocycles. The summed E-state index contributed by atoms with van der Waals surface area (Å²) in [5.74, 6) is 0.266. The Morgan fingerprint density at radius 1 is 1.17 bits per heavy atom. The lowest BCUT2D eigenvalue weighted by Gasteiger charge is -2.28. The highest BCUT2D eigenvalue weighted by Gasteiger charge is 2.34. The molecule has 24 heavy (non-hydrogen) atoms. The predicted octanol–water partition coefficient (Wildman–Crippen LogP) is 2.15. The van der Waals surface area contributed by atoms with Crippen molar-refractivity contribution < 1.29 is 13.2 Å². The van der Waals surface area contributed by atoms with Crippen LogP contribution >= 0.6 is 11.6 Å². The van der Waals surface area contributed by atoms with Crippen molar-refractivity contribution in [3.63, 3.8) is 0 Å². The van der Waals surface area contributed by atoms with Crippen LogP contribution in [0.5, 0.6) is 0 Å². The lowest BCUT2D eigenvalue weighted by molar-refractivity contribution is -0.122. The summed E-state index contributed by atoms with van der Waals surface area (Å²) in [5, 5.41) is 6.81. The van der Waals surface area contributed by atoms with Crippen molar-refractivity contribution in [3.05, 3.63) is 29.3 Å². The summed E-state index contributed by atoms with van der Waals surface area (Å²) >= 11 is 5.77. The maximum Gasteiger partial charge on any atom is 0.220 e. The third kappa shape index (κ3) is 4.49. The van der Waals surface area contributed by atoms with Crippen molar-refractivity contribution in [2.24, 2.45) is 5.92 Å². The largest absolute Gasteiger partial charge is 0.355 e. The highest BCUT2D eigenvalue weighted by atomic mass is 35.5. The van der Waals surface area contributed by atoms with Gasteiger partial charge in [-0.25, -0.2) is 8.42 Å². The molecule has 1 amide bonds. The van der Waals surface area contributed by atoms with Crippen LogP contribution < -0.4 is 10.6 Å². The quantitative estimate of drug-likeness (QED) is 0.804. The van der Waals surface area contributed by atoms with Crippen LogP contribution in [0, 0.1) is 5.92 Å². The number of amides is 1. The molecular weight excluding hydrogens is 348 g/mol. The van der Waals surface area contributed by atoms with E-state index in [0.717, 1.165) is 12.8 Å². The highest BCUT2D eigenvalue weighted by molar-refractivity contribution is 7.91. The molecule has 2 heterocycles. The van der Waals surface area contributed by atoms with Gasteiger partial charge >= 0.3 is 0 Å². The molecule has 2 fully saturated rings. The third-order valence-corrected chi connectivity index (χ3v) is 6.89. The van der Waals surface area contributed by atoms with Crippen LogP contribution in [0.25, 0.3) is 0 Å². The molecule has 2 N–H and O–H groups in total. The number of fused-ring (bicyclic) bond motifs is 2. The molecule has 132 valence electrons. The van der Waals surface area contributed by atoms with Crippen molar-refractivity contribution in [2.45, 2.75) is 49.1 Å². The van der Waals surface area contributed by atoms with E-state index in [1.54, 1.807) is 12.1 Å². The molecule has 0 radical (unpaired) electrons. The minimum Gasteiger partial charge on any atom is -0.355 e. The number of piperidine rings is 1. The zero-order valence-electron chi connectivity index (χ0n) is 13.5. The molecule has 0 aromatic heterocycles. The van der Waals surface area contributed by atoms with Gasteiger partial charge in [-0.3, -0.25) is 4.79 Å². The predicted molar refractivity (Wildman–Crippen MR) is 93.8 cm³/mol. The van der Waals surface area contributed by atoms with Crippen molar-refractivity contribution in [2.75, 3.05) is 12.3 Å². The lowest BCUT2D eigenvalue weighted by atomic mass is 9.89. The summed E-state index contributed by atoms with van der Waals surface area (Å²) in [6.07, 6.45) is 5.01. The first kappa shape index (κ1) is 17.7. The van der Waals surface area contributed by atoms with Crippen LogP contribution in [0.1, 0.15) is 32.1 Å². The molecule has 3 rings (SSSR count). The van der Waals surface area contributed by atoms with Crippen molar-refractivity contribution >= 4 is 27.3 Å². The number of sulfone groups is 1. The monoisotopic (exact) mass is 370 g/mol. The van der Waals surface area contributed by atoms with E-state index in [4.69, 9.17) is 11.6 Å². The van der Waals surface area contributed by atoms with E-state index < -0.39 is 9.84 Å². The van der Waals surface area contributed by atoms with Crippen molar-refractivity contribution in [1.82, 2.24) is 10.6 Å². The smallest absolute Gasteiger partial charge is 0.220 e. The Labute approximate surface area is 148 Å². The second-order valence-corrected chi connectivity index (χ2v) is 9.35. The second-order valence-electron chi connectivity index (χ2n) is 6.80. The standard InChI is InChI=1S/C17H23ClN2O3S/c18-13-1-5-16(6-2-13)24(22,23)8-7-19-17(21)11-12-9-14-3-4-15(10-12)20-14/h1-2,5-6,12,14-15,20H,3-4,7-11H2,(H,19,21). The van der Waals surface area contributed by atoms with Gasteiger partial charge in [-0.05, 0) is 55.9 Å². The van der Waals surface area contributed by atoms with Gasteiger partial charge in [0.2, 0.25) is 5.91 Å². The van der Waals surface area contributed by atoms with E-state index in [-0.39, 0.29) is 23.1 Å². The normalized spacial score (nSPS) is 26.3. The van der Waals surface area contributed by atoms with Gasteiger partial charge in [-0.15, -0.1) is 0 Å². The van der Waals surface area contributed by atoms with Crippen LogP contribution in [-0.2, 0) is 14.6 Å². The van der Waals surface area contributed by atoms with E-state index >= 15 is 0 Å². The van der Waals surface area contributed by atoms with E-state index in [2.05, 4.69) is 10.6 Å². The molecule has 2 aliphatic rings. The number of rotatable bonds is 6. The maximum absolute atomic E-state index is 12.2. The molecule has 2 bridgehead atoms. The van der Waals surface area contributed by atoms with Crippen LogP contribution in [0.3, 0.4) is 0 Å². The van der Waals surface area contributed by atoms with E-state index in [1.165, 1.54) is 25.0 Å². The van der Waals surface area contributed by atoms with Crippen LogP contribution in [0.4, 0.5) is 0 Å². The van der Waals surface area contributed by atoms with Gasteiger partial charge in [-0.1, -0.05) is 11.6 Å². The Kier molecular flexibility index (Phi) is 5.47. The van der Waals surface area contributed by atoms with Gasteiger partial charge in [0.1, 0.15) is 0 Å². The zero-order chi connectivity index (χ0) is 17.2. The zero-order valence-corrected chi connectivity index (χ0v) is 15.1. The molecule has 2 saturated heterocycles. The number of nitrogens with one attached hydrogen (secondary N) is 2. The fourth-order valence-electron chi connectivity index (χ4n) is 3.76. The molecule has 2 unspecified atom stereocenters. The van der Waals surface area contributed by atoms with Gasteiger partial charge in [-0.2, -0.15) is 0 Å². The van der Waals surface area contributed by atoms with Crippen LogP contribution in [0.2, 0.25) is 5.02 Å². The first-order valence-electron chi connectivity index (χ1n) is 8.43. The number of hydrogen-bond donors (Lipinski definition) is 2. The first-order chi connectivity index (χ1) is 11.4. The van der Waals surface area contributed by atoms with Crippen molar-refractivity contribution in [1.29, 1.82) is 0 Å². The Hall–Kier alpha value is -1.11. The molecule has 0 spiro atoms. The van der Waals surface area contributed by atoms with Gasteiger partial charge < -0.3 is 10.6 Å². The summed E-state index contributed by atoms with van der Waals surface area (Å²) < 4.78 is 24.4. The number of halogens is 1. The Bertz CT molecular complexity index is 678. The minimum absolute atomic E-state index is 0.0485. The molecule has 5 nitrogen and oxygen atoms in total. The Morgan fingerprint density at radius 3 is 2.42 bits per heavy atom. The topological polar surface area (TPSA) is 75.3 Å². The highest BCUT2D eigenvalue weighted by Crippen LogP contribution is 2.32. The summed E-state index contributed by atoms with van der Waals surface area (Å²) in [6, 6.07) is 7.21. The average molecular weight is 371 g/mol. The van der Waals surface area contributed by atoms with Gasteiger partial charge in [0.15, 0.2) is 9.84 Å². The summed E-state index contributed by atoms with van der Waals surface area (Å²) in [6.45, 7) is 0.140. The second kappa shape index (κ2) is 7.42. The number of carbonyl (C=O) groups is 1. The van der Waals surface area contributed by atoms with Crippen molar-refractivity contribution in [3.8, 4) is 0 Å². The van der Waals surface area contributed by atoms with E-state index in [9.17, 15) is 13.2 Å². The summed E-state index contributed by atoms with van der Waals surface area (Å²) in [5.41, 5.74) is 0. The van der Waals surface area contributed by atoms with Crippen LogP contribution in [-0.4, -0.2) is 38.7 Å². The number of hydrogen-bond acceptors (Lipinski definition) is 4. The molecule has 7 heteroatoms. The summed E-state index contributed by atoms with van der Waals surface area (Å²) in [7, 11) is -3.40. The van der Waals surface area contributed by atoms with E-state index in [0.29, 0.717) is 29.4 Å².